The highest BCUT2D eigenvalue weighted by molar-refractivity contribution is 6.00. The maximum absolute atomic E-state index is 13.0. The van der Waals surface area contributed by atoms with Gasteiger partial charge >= 0.3 is 0 Å². The van der Waals surface area contributed by atoms with Crippen LogP contribution in [0, 0.1) is 13.8 Å². The van der Waals surface area contributed by atoms with E-state index in [-0.39, 0.29) is 17.9 Å². The van der Waals surface area contributed by atoms with E-state index in [0.717, 1.165) is 49.2 Å². The molecule has 2 aromatic rings. The Morgan fingerprint density at radius 3 is 2.81 bits per heavy atom. The number of methoxy groups -OCH3 is 1. The summed E-state index contributed by atoms with van der Waals surface area (Å²) in [5, 5.41) is 0. The Morgan fingerprint density at radius 2 is 2.06 bits per heavy atom. The van der Waals surface area contributed by atoms with Gasteiger partial charge in [0.15, 0.2) is 5.82 Å². The molecule has 0 radical (unpaired) electrons. The molecule has 1 unspecified atom stereocenters. The van der Waals surface area contributed by atoms with Crippen molar-refractivity contribution in [2.24, 2.45) is 0 Å². The minimum absolute atomic E-state index is 0.0396. The van der Waals surface area contributed by atoms with E-state index in [1.54, 1.807) is 19.1 Å². The highest BCUT2D eigenvalue weighted by atomic mass is 16.5. The predicted octanol–water partition coefficient (Wildman–Crippen LogP) is 3.31. The third-order valence-corrected chi connectivity index (χ3v) is 6.49. The van der Waals surface area contributed by atoms with E-state index >= 15 is 0 Å². The molecule has 164 valence electrons. The second-order valence-corrected chi connectivity index (χ2v) is 8.49. The van der Waals surface area contributed by atoms with Crippen molar-refractivity contribution >= 4 is 17.6 Å². The van der Waals surface area contributed by atoms with Crippen molar-refractivity contribution in [2.45, 2.75) is 58.4 Å². The first-order chi connectivity index (χ1) is 14.9. The highest BCUT2D eigenvalue weighted by Crippen LogP contribution is 2.35. The molecule has 31 heavy (non-hydrogen) atoms. The summed E-state index contributed by atoms with van der Waals surface area (Å²) in [5.41, 5.74) is 4.18. The van der Waals surface area contributed by atoms with Gasteiger partial charge in [-0.2, -0.15) is 0 Å². The van der Waals surface area contributed by atoms with Gasteiger partial charge in [0, 0.05) is 31.3 Å². The normalized spacial score (nSPS) is 17.9. The molecule has 3 heterocycles. The first-order valence-corrected chi connectivity index (χ1v) is 11.0. The number of rotatable bonds is 6. The lowest BCUT2D eigenvalue weighted by Crippen LogP contribution is -2.32. The Balaban J connectivity index is 1.42. The van der Waals surface area contributed by atoms with Crippen LogP contribution in [0.15, 0.2) is 18.2 Å². The van der Waals surface area contributed by atoms with Gasteiger partial charge in [-0.15, -0.1) is 0 Å². The van der Waals surface area contributed by atoms with Crippen LogP contribution in [0.4, 0.5) is 5.82 Å². The second-order valence-electron chi connectivity index (χ2n) is 8.49. The number of carbonyl (C=O) groups is 2. The fourth-order valence-electron chi connectivity index (χ4n) is 4.61. The van der Waals surface area contributed by atoms with Crippen LogP contribution in [0.1, 0.15) is 59.9 Å². The number of nitrogens with zero attached hydrogens (tertiary/aromatic N) is 4. The fraction of sp³-hybridized carbons (Fsp3) is 0.500. The zero-order chi connectivity index (χ0) is 22.1. The van der Waals surface area contributed by atoms with Crippen LogP contribution >= 0.6 is 0 Å². The monoisotopic (exact) mass is 422 g/mol. The lowest BCUT2D eigenvalue weighted by molar-refractivity contribution is -0.132. The Morgan fingerprint density at radius 1 is 1.26 bits per heavy atom. The van der Waals surface area contributed by atoms with Gasteiger partial charge in [0.25, 0.3) is 0 Å². The summed E-state index contributed by atoms with van der Waals surface area (Å²) in [5.74, 6) is 2.41. The number of ether oxygens (including phenoxy) is 1. The summed E-state index contributed by atoms with van der Waals surface area (Å²) >= 11 is 0. The molecule has 2 amide bonds. The van der Waals surface area contributed by atoms with Gasteiger partial charge in [0.2, 0.25) is 11.8 Å². The van der Waals surface area contributed by atoms with Crippen LogP contribution in [0.5, 0.6) is 5.75 Å². The summed E-state index contributed by atoms with van der Waals surface area (Å²) in [6.07, 6.45) is 4.33. The molecule has 0 aliphatic carbocycles. The summed E-state index contributed by atoms with van der Waals surface area (Å²) in [6, 6.07) is 5.97. The Labute approximate surface area is 183 Å². The molecule has 0 bridgehead atoms. The van der Waals surface area contributed by atoms with Gasteiger partial charge in [-0.1, -0.05) is 6.07 Å². The molecule has 7 nitrogen and oxygen atoms in total. The van der Waals surface area contributed by atoms with E-state index in [1.807, 2.05) is 24.0 Å². The number of carbonyl (C=O) groups excluding carboxylic acids is 2. The van der Waals surface area contributed by atoms with Crippen molar-refractivity contribution in [2.75, 3.05) is 25.6 Å². The predicted molar refractivity (Wildman–Crippen MR) is 118 cm³/mol. The van der Waals surface area contributed by atoms with E-state index < -0.39 is 0 Å². The second kappa shape index (κ2) is 8.65. The molecule has 2 aliphatic heterocycles. The Bertz CT molecular complexity index is 1020. The van der Waals surface area contributed by atoms with Gasteiger partial charge in [-0.25, -0.2) is 9.97 Å². The lowest BCUT2D eigenvalue weighted by atomic mass is 10.0. The van der Waals surface area contributed by atoms with Gasteiger partial charge in [0.1, 0.15) is 11.6 Å². The first kappa shape index (κ1) is 21.3. The average Bonchev–Trinajstić information content (AvgIpc) is 3.35. The number of likely N-dealkylation sites (tertiary alicyclic amines) is 1. The van der Waals surface area contributed by atoms with Gasteiger partial charge in [-0.05, 0) is 62.8 Å². The van der Waals surface area contributed by atoms with E-state index in [1.165, 1.54) is 11.1 Å². The van der Waals surface area contributed by atoms with Crippen LogP contribution in [-0.2, 0) is 22.4 Å². The van der Waals surface area contributed by atoms with Crippen molar-refractivity contribution in [3.05, 3.63) is 46.4 Å². The van der Waals surface area contributed by atoms with E-state index in [0.29, 0.717) is 24.5 Å². The van der Waals surface area contributed by atoms with E-state index in [2.05, 4.69) is 18.0 Å². The van der Waals surface area contributed by atoms with E-state index in [9.17, 15) is 9.59 Å². The van der Waals surface area contributed by atoms with Gasteiger partial charge in [0.05, 0.1) is 19.6 Å². The molecule has 4 rings (SSSR count). The molecule has 0 N–H and O–H groups in total. The molecule has 2 aliphatic rings. The van der Waals surface area contributed by atoms with Crippen LogP contribution in [0.3, 0.4) is 0 Å². The Hall–Kier alpha value is -2.96. The van der Waals surface area contributed by atoms with Crippen LogP contribution in [0.25, 0.3) is 0 Å². The van der Waals surface area contributed by atoms with Crippen molar-refractivity contribution in [1.82, 2.24) is 14.9 Å². The summed E-state index contributed by atoms with van der Waals surface area (Å²) in [6.45, 7) is 4.74. The number of amides is 2. The molecule has 1 aromatic carbocycles. The average molecular weight is 423 g/mol. The quantitative estimate of drug-likeness (QED) is 0.714. The van der Waals surface area contributed by atoms with Crippen LogP contribution < -0.4 is 9.64 Å². The molecular weight excluding hydrogens is 392 g/mol. The number of hydrogen-bond acceptors (Lipinski definition) is 5. The minimum atomic E-state index is -0.108. The van der Waals surface area contributed by atoms with Gasteiger partial charge < -0.3 is 9.64 Å². The van der Waals surface area contributed by atoms with Crippen molar-refractivity contribution < 1.29 is 14.3 Å². The molecule has 7 heteroatoms. The van der Waals surface area contributed by atoms with Crippen LogP contribution in [-0.4, -0.2) is 47.4 Å². The van der Waals surface area contributed by atoms with Gasteiger partial charge in [-0.3, -0.25) is 14.5 Å². The number of benzene rings is 1. The topological polar surface area (TPSA) is 75.6 Å². The summed E-state index contributed by atoms with van der Waals surface area (Å²) in [7, 11) is 3.42. The third kappa shape index (κ3) is 4.13. The third-order valence-electron chi connectivity index (χ3n) is 6.49. The number of likely N-dealkylation sites (N-methyl/N-ethyl adjacent to an activating group) is 1. The van der Waals surface area contributed by atoms with Crippen molar-refractivity contribution in [1.29, 1.82) is 0 Å². The summed E-state index contributed by atoms with van der Waals surface area (Å²) in [4.78, 5) is 38.0. The first-order valence-electron chi connectivity index (χ1n) is 11.0. The highest BCUT2D eigenvalue weighted by Gasteiger charge is 2.35. The molecule has 0 saturated carbocycles. The molecule has 0 spiro atoms. The Kier molecular flexibility index (Phi) is 5.94. The fourth-order valence-corrected chi connectivity index (χ4v) is 4.61. The molecule has 1 aromatic heterocycles. The van der Waals surface area contributed by atoms with E-state index in [4.69, 9.17) is 9.72 Å². The SMILES string of the molecule is COc1ccc(CCCC(=O)N2CCCC2c2nc(C)c3c(n2)N(C)C(=O)C3)c(C)c1. The smallest absolute Gasteiger partial charge is 0.232 e. The zero-order valence-corrected chi connectivity index (χ0v) is 18.8. The van der Waals surface area contributed by atoms with Crippen molar-refractivity contribution in [3.8, 4) is 5.75 Å². The molecule has 1 fully saturated rings. The summed E-state index contributed by atoms with van der Waals surface area (Å²) < 4.78 is 5.27. The largest absolute Gasteiger partial charge is 0.497 e. The maximum atomic E-state index is 13.0. The molecular formula is C24H30N4O3. The maximum Gasteiger partial charge on any atom is 0.232 e. The van der Waals surface area contributed by atoms with Crippen LogP contribution in [0.2, 0.25) is 0 Å². The standard InChI is InChI=1S/C24H30N4O3/c1-15-13-18(31-4)11-10-17(15)7-5-9-21(29)28-12-6-8-20(28)23-25-16(2)19-14-22(30)27(3)24(19)26-23/h10-11,13,20H,5-9,12,14H2,1-4H3. The number of fused-ring (bicyclic) bond motifs is 1. The zero-order valence-electron chi connectivity index (χ0n) is 18.8. The number of aryl methyl sites for hydroxylation is 3. The number of hydrogen-bond donors (Lipinski definition) is 0. The molecule has 1 atom stereocenters. The number of anilines is 1. The lowest BCUT2D eigenvalue weighted by Gasteiger charge is -2.25. The minimum Gasteiger partial charge on any atom is -0.497 e. The number of aromatic nitrogens is 2. The molecule has 1 saturated heterocycles. The van der Waals surface area contributed by atoms with Crippen molar-refractivity contribution in [3.63, 3.8) is 0 Å².